The van der Waals surface area contributed by atoms with E-state index < -0.39 is 12.1 Å². The monoisotopic (exact) mass is 418 g/mol. The van der Waals surface area contributed by atoms with Crippen molar-refractivity contribution in [3.63, 3.8) is 0 Å². The van der Waals surface area contributed by atoms with Gasteiger partial charge in [-0.05, 0) is 47.1 Å². The van der Waals surface area contributed by atoms with Crippen molar-refractivity contribution < 1.29 is 23.4 Å². The third-order valence-electron chi connectivity index (χ3n) is 3.62. The number of esters is 1. The fourth-order valence-corrected chi connectivity index (χ4v) is 2.66. The van der Waals surface area contributed by atoms with Gasteiger partial charge in [-0.2, -0.15) is 0 Å². The summed E-state index contributed by atoms with van der Waals surface area (Å²) in [5.74, 6) is 0.466. The molecule has 7 heteroatoms. The van der Waals surface area contributed by atoms with E-state index in [-0.39, 0.29) is 11.2 Å². The molecular weight excluding hydrogens is 404 g/mol. The normalized spacial score (nSPS) is 11.8. The Morgan fingerprint density at radius 1 is 1.15 bits per heavy atom. The number of benzene rings is 2. The first-order valence-corrected chi connectivity index (χ1v) is 8.51. The summed E-state index contributed by atoms with van der Waals surface area (Å²) in [5, 5.41) is 0.340. The molecule has 3 aromatic rings. The lowest BCUT2D eigenvalue weighted by atomic mass is 10.2. The van der Waals surface area contributed by atoms with Gasteiger partial charge in [0.25, 0.3) is 0 Å². The Morgan fingerprint density at radius 3 is 2.65 bits per heavy atom. The summed E-state index contributed by atoms with van der Waals surface area (Å²) in [5.41, 5.74) is 0.0126. The molecule has 0 radical (unpaired) electrons. The highest BCUT2D eigenvalue weighted by Crippen LogP contribution is 2.29. The quantitative estimate of drug-likeness (QED) is 0.575. The Morgan fingerprint density at radius 2 is 1.92 bits per heavy atom. The maximum absolute atomic E-state index is 12.6. The van der Waals surface area contributed by atoms with Crippen LogP contribution in [-0.2, 0) is 9.53 Å². The summed E-state index contributed by atoms with van der Waals surface area (Å²) in [4.78, 5) is 24.1. The first kappa shape index (κ1) is 18.0. The zero-order valence-electron chi connectivity index (χ0n) is 14.0. The minimum Gasteiger partial charge on any atom is -0.479 e. The Hall–Kier alpha value is -2.80. The van der Waals surface area contributed by atoms with Gasteiger partial charge in [-0.1, -0.05) is 12.1 Å². The lowest BCUT2D eigenvalue weighted by Gasteiger charge is -2.12. The number of hydrogen-bond donors (Lipinski definition) is 0. The van der Waals surface area contributed by atoms with Crippen molar-refractivity contribution in [2.45, 2.75) is 13.0 Å². The highest BCUT2D eigenvalue weighted by Gasteiger charge is 2.16. The fraction of sp³-hybridized carbons (Fsp3) is 0.158. The van der Waals surface area contributed by atoms with Gasteiger partial charge in [-0.25, -0.2) is 4.79 Å². The number of ether oxygens (including phenoxy) is 3. The van der Waals surface area contributed by atoms with E-state index in [9.17, 15) is 9.59 Å². The van der Waals surface area contributed by atoms with Crippen LogP contribution in [0.5, 0.6) is 17.2 Å². The predicted molar refractivity (Wildman–Crippen MR) is 98.8 cm³/mol. The van der Waals surface area contributed by atoms with Crippen LogP contribution in [0.15, 0.2) is 62.4 Å². The SMILES string of the molecule is COC(=O)[C@H](C)Oc1ccc2c(=O)c(Oc3ccccc3Br)coc2c1. The van der Waals surface area contributed by atoms with Crippen LogP contribution in [-0.4, -0.2) is 19.2 Å². The lowest BCUT2D eigenvalue weighted by molar-refractivity contribution is -0.147. The molecule has 0 spiro atoms. The second-order valence-electron chi connectivity index (χ2n) is 5.40. The van der Waals surface area contributed by atoms with Crippen LogP contribution in [0.1, 0.15) is 6.92 Å². The Balaban J connectivity index is 1.90. The van der Waals surface area contributed by atoms with E-state index in [0.29, 0.717) is 22.5 Å². The fourth-order valence-electron chi connectivity index (χ4n) is 2.30. The highest BCUT2D eigenvalue weighted by molar-refractivity contribution is 9.10. The van der Waals surface area contributed by atoms with Crippen molar-refractivity contribution in [2.24, 2.45) is 0 Å². The summed E-state index contributed by atoms with van der Waals surface area (Å²) in [7, 11) is 1.29. The van der Waals surface area contributed by atoms with Gasteiger partial charge in [0.15, 0.2) is 6.10 Å². The van der Waals surface area contributed by atoms with Crippen LogP contribution in [0.3, 0.4) is 0 Å². The Bertz CT molecular complexity index is 1010. The van der Waals surface area contributed by atoms with Crippen molar-refractivity contribution in [1.82, 2.24) is 0 Å². The van der Waals surface area contributed by atoms with E-state index >= 15 is 0 Å². The van der Waals surface area contributed by atoms with E-state index in [1.807, 2.05) is 12.1 Å². The van der Waals surface area contributed by atoms with Crippen LogP contribution in [0, 0.1) is 0 Å². The molecule has 26 heavy (non-hydrogen) atoms. The summed E-state index contributed by atoms with van der Waals surface area (Å²) in [6.45, 7) is 1.57. The van der Waals surface area contributed by atoms with E-state index in [0.717, 1.165) is 4.47 Å². The summed E-state index contributed by atoms with van der Waals surface area (Å²) < 4.78 is 22.0. The average molecular weight is 419 g/mol. The molecule has 0 N–H and O–H groups in total. The topological polar surface area (TPSA) is 75.0 Å². The molecule has 1 atom stereocenters. The standard InChI is InChI=1S/C19H15BrO6/c1-11(19(22)23-2)25-12-7-8-13-16(9-12)24-10-17(18(13)21)26-15-6-4-3-5-14(15)20/h3-11H,1-2H3/t11-/m0/s1. The van der Waals surface area contributed by atoms with E-state index in [4.69, 9.17) is 13.9 Å². The molecule has 2 aromatic carbocycles. The van der Waals surface area contributed by atoms with E-state index in [2.05, 4.69) is 20.7 Å². The molecule has 1 aromatic heterocycles. The molecule has 0 aliphatic carbocycles. The van der Waals surface area contributed by atoms with Crippen LogP contribution in [0.2, 0.25) is 0 Å². The molecule has 0 aliphatic rings. The van der Waals surface area contributed by atoms with Gasteiger partial charge in [0.2, 0.25) is 11.2 Å². The Labute approximate surface area is 157 Å². The van der Waals surface area contributed by atoms with Gasteiger partial charge in [0.05, 0.1) is 17.0 Å². The summed E-state index contributed by atoms with van der Waals surface area (Å²) in [6.07, 6.45) is 0.472. The van der Waals surface area contributed by atoms with Gasteiger partial charge in [0, 0.05) is 6.07 Å². The molecule has 1 heterocycles. The van der Waals surface area contributed by atoms with E-state index in [1.54, 1.807) is 37.3 Å². The third kappa shape index (κ3) is 3.72. The average Bonchev–Trinajstić information content (AvgIpc) is 2.65. The molecule has 6 nitrogen and oxygen atoms in total. The van der Waals surface area contributed by atoms with Crippen LogP contribution in [0.4, 0.5) is 0 Å². The zero-order valence-corrected chi connectivity index (χ0v) is 15.6. The highest BCUT2D eigenvalue weighted by atomic mass is 79.9. The minimum atomic E-state index is -0.776. The number of fused-ring (bicyclic) bond motifs is 1. The number of para-hydroxylation sites is 1. The van der Waals surface area contributed by atoms with Crippen molar-refractivity contribution in [2.75, 3.05) is 7.11 Å². The second-order valence-corrected chi connectivity index (χ2v) is 6.26. The van der Waals surface area contributed by atoms with Gasteiger partial charge in [0.1, 0.15) is 23.3 Å². The number of methoxy groups -OCH3 is 1. The number of carbonyl (C=O) groups excluding carboxylic acids is 1. The zero-order chi connectivity index (χ0) is 18.7. The second kappa shape index (κ2) is 7.61. The summed E-state index contributed by atoms with van der Waals surface area (Å²) >= 11 is 3.37. The minimum absolute atomic E-state index is 0.0704. The first-order valence-electron chi connectivity index (χ1n) is 7.72. The Kier molecular flexibility index (Phi) is 5.27. The molecule has 3 rings (SSSR count). The van der Waals surface area contributed by atoms with Crippen LogP contribution >= 0.6 is 15.9 Å². The summed E-state index contributed by atoms with van der Waals surface area (Å²) in [6, 6.07) is 11.9. The van der Waals surface area contributed by atoms with Gasteiger partial charge in [-0.15, -0.1) is 0 Å². The lowest BCUT2D eigenvalue weighted by Crippen LogP contribution is -2.24. The third-order valence-corrected chi connectivity index (χ3v) is 4.27. The molecule has 134 valence electrons. The number of rotatable bonds is 5. The van der Waals surface area contributed by atoms with Crippen molar-refractivity contribution in [3.05, 3.63) is 63.4 Å². The number of hydrogen-bond acceptors (Lipinski definition) is 6. The van der Waals surface area contributed by atoms with Crippen molar-refractivity contribution in [3.8, 4) is 17.2 Å². The molecule has 0 unspecified atom stereocenters. The smallest absolute Gasteiger partial charge is 0.346 e. The largest absolute Gasteiger partial charge is 0.479 e. The molecule has 0 amide bonds. The van der Waals surface area contributed by atoms with Crippen molar-refractivity contribution >= 4 is 32.9 Å². The van der Waals surface area contributed by atoms with Gasteiger partial charge >= 0.3 is 5.97 Å². The van der Waals surface area contributed by atoms with E-state index in [1.165, 1.54) is 13.4 Å². The van der Waals surface area contributed by atoms with Gasteiger partial charge < -0.3 is 18.6 Å². The molecule has 0 saturated carbocycles. The molecule has 0 bridgehead atoms. The molecular formula is C19H15BrO6. The van der Waals surface area contributed by atoms with Crippen LogP contribution < -0.4 is 14.9 Å². The predicted octanol–water partition coefficient (Wildman–Crippen LogP) is 4.29. The maximum atomic E-state index is 12.6. The molecule has 0 fully saturated rings. The van der Waals surface area contributed by atoms with Crippen molar-refractivity contribution in [1.29, 1.82) is 0 Å². The maximum Gasteiger partial charge on any atom is 0.346 e. The molecule has 0 aliphatic heterocycles. The molecule has 0 saturated heterocycles. The first-order chi connectivity index (χ1) is 12.5. The van der Waals surface area contributed by atoms with Crippen LogP contribution in [0.25, 0.3) is 11.0 Å². The number of carbonyl (C=O) groups is 1. The van der Waals surface area contributed by atoms with Gasteiger partial charge in [-0.3, -0.25) is 4.79 Å². The number of halogens is 1.